The Bertz CT molecular complexity index is 1220. The second kappa shape index (κ2) is 7.18. The summed E-state index contributed by atoms with van der Waals surface area (Å²) in [5.41, 5.74) is -7.44. The maximum Gasteiger partial charge on any atom is 0.425 e. The first kappa shape index (κ1) is 21.9. The van der Waals surface area contributed by atoms with Gasteiger partial charge in [0.25, 0.3) is 22.9 Å². The van der Waals surface area contributed by atoms with Crippen LogP contribution < -0.4 is 31.4 Å². The van der Waals surface area contributed by atoms with Crippen molar-refractivity contribution in [1.82, 2.24) is 14.5 Å². The quantitative estimate of drug-likeness (QED) is 0.700. The summed E-state index contributed by atoms with van der Waals surface area (Å²) in [5, 5.41) is 3.56. The molecule has 0 bridgehead atoms. The van der Waals surface area contributed by atoms with Crippen LogP contribution in [0.3, 0.4) is 0 Å². The van der Waals surface area contributed by atoms with E-state index in [9.17, 15) is 32.3 Å². The Morgan fingerprint density at radius 2 is 1.68 bits per heavy atom. The molecular weight excluding hydrogens is 425 g/mol. The smallest absolute Gasteiger partial charge is 0.425 e. The molecule has 31 heavy (non-hydrogen) atoms. The van der Waals surface area contributed by atoms with Crippen LogP contribution in [0, 0.1) is 0 Å². The molecule has 1 aromatic carbocycles. The van der Waals surface area contributed by atoms with Crippen molar-refractivity contribution in [3.8, 4) is 11.5 Å². The molecule has 0 fully saturated rings. The van der Waals surface area contributed by atoms with Crippen LogP contribution in [-0.4, -0.2) is 41.3 Å². The number of hydrogen-bond donors (Lipinski definition) is 2. The number of benzene rings is 1. The van der Waals surface area contributed by atoms with Crippen LogP contribution in [0.25, 0.3) is 0 Å². The second-order valence-corrected chi connectivity index (χ2v) is 6.66. The molecular formula is C18H17F3N4O6. The topological polar surface area (TPSA) is 121 Å². The Morgan fingerprint density at radius 3 is 2.23 bits per heavy atom. The van der Waals surface area contributed by atoms with Gasteiger partial charge in [-0.1, -0.05) is 0 Å². The molecule has 2 heterocycles. The zero-order chi connectivity index (χ0) is 23.3. The zero-order valence-corrected chi connectivity index (χ0v) is 16.7. The van der Waals surface area contributed by atoms with Crippen molar-refractivity contribution >= 4 is 17.6 Å². The van der Waals surface area contributed by atoms with Crippen molar-refractivity contribution in [2.45, 2.75) is 11.7 Å². The Kier molecular flexibility index (Phi) is 5.08. The number of amides is 2. The largest absolute Gasteiger partial charge is 0.493 e. The third kappa shape index (κ3) is 3.04. The van der Waals surface area contributed by atoms with Crippen molar-refractivity contribution < 1.29 is 32.2 Å². The number of carbonyl (C=O) groups is 2. The van der Waals surface area contributed by atoms with Gasteiger partial charge in [-0.2, -0.15) is 13.2 Å². The van der Waals surface area contributed by atoms with Crippen molar-refractivity contribution in [3.63, 3.8) is 0 Å². The fourth-order valence-corrected chi connectivity index (χ4v) is 3.32. The number of ether oxygens (including phenoxy) is 2. The molecule has 1 aromatic heterocycles. The number of aromatic nitrogens is 2. The van der Waals surface area contributed by atoms with E-state index in [0.29, 0.717) is 9.13 Å². The Balaban J connectivity index is 2.23. The van der Waals surface area contributed by atoms with Gasteiger partial charge in [0.1, 0.15) is 11.4 Å². The number of anilines is 1. The Hall–Kier alpha value is -3.77. The van der Waals surface area contributed by atoms with Gasteiger partial charge in [0.15, 0.2) is 11.5 Å². The van der Waals surface area contributed by atoms with Gasteiger partial charge in [0.2, 0.25) is 0 Å². The summed E-state index contributed by atoms with van der Waals surface area (Å²) in [6.07, 6.45) is -5.42. The first-order valence-electron chi connectivity index (χ1n) is 8.64. The molecule has 2 aromatic rings. The highest BCUT2D eigenvalue weighted by atomic mass is 19.4. The van der Waals surface area contributed by atoms with Gasteiger partial charge >= 0.3 is 11.9 Å². The summed E-state index contributed by atoms with van der Waals surface area (Å²) in [6.45, 7) is 0. The summed E-state index contributed by atoms with van der Waals surface area (Å²) in [7, 11) is 4.65. The highest BCUT2D eigenvalue weighted by Crippen LogP contribution is 2.45. The fourth-order valence-electron chi connectivity index (χ4n) is 3.32. The van der Waals surface area contributed by atoms with Gasteiger partial charge in [-0.15, -0.1) is 0 Å². The number of nitrogens with zero attached hydrogens (tertiary/aromatic N) is 2. The maximum absolute atomic E-state index is 14.3. The van der Waals surface area contributed by atoms with E-state index in [-0.39, 0.29) is 17.1 Å². The van der Waals surface area contributed by atoms with Gasteiger partial charge in [0.05, 0.1) is 14.2 Å². The average Bonchev–Trinajstić information content (AvgIpc) is 3.03. The van der Waals surface area contributed by atoms with Gasteiger partial charge in [-0.05, 0) is 18.2 Å². The number of methoxy groups -OCH3 is 2. The number of carbonyl (C=O) groups excluding carboxylic acids is 2. The lowest BCUT2D eigenvalue weighted by molar-refractivity contribution is -0.196. The highest BCUT2D eigenvalue weighted by molar-refractivity contribution is 6.09. The lowest BCUT2D eigenvalue weighted by Gasteiger charge is -2.30. The molecule has 0 aliphatic carbocycles. The molecule has 0 radical (unpaired) electrons. The van der Waals surface area contributed by atoms with Crippen molar-refractivity contribution in [2.75, 3.05) is 19.5 Å². The summed E-state index contributed by atoms with van der Waals surface area (Å²) < 4.78 is 54.0. The van der Waals surface area contributed by atoms with E-state index >= 15 is 0 Å². The number of hydrogen-bond acceptors (Lipinski definition) is 6. The molecule has 1 atom stereocenters. The molecule has 1 aliphatic rings. The standard InChI is InChI=1S/C18H17F3N4O6/c1-24-12-11(14(27)25(2)16(24)29)17(15(28)22-12,18(19,20)21)23-13(26)8-5-6-9(30-3)10(7-8)31-4/h5-7H,1-4H3,(H,22,28)(H,23,26). The molecule has 0 saturated heterocycles. The third-order valence-electron chi connectivity index (χ3n) is 4.98. The van der Waals surface area contributed by atoms with Crippen LogP contribution in [0.1, 0.15) is 15.9 Å². The predicted molar refractivity (Wildman–Crippen MR) is 100 cm³/mol. The minimum absolute atomic E-state index is 0.0609. The lowest BCUT2D eigenvalue weighted by Crippen LogP contribution is -2.62. The summed E-state index contributed by atoms with van der Waals surface area (Å²) >= 11 is 0. The molecule has 1 unspecified atom stereocenters. The van der Waals surface area contributed by atoms with E-state index in [4.69, 9.17) is 9.47 Å². The zero-order valence-electron chi connectivity index (χ0n) is 16.7. The minimum Gasteiger partial charge on any atom is -0.493 e. The van der Waals surface area contributed by atoms with E-state index in [2.05, 4.69) is 0 Å². The molecule has 3 rings (SSSR count). The van der Waals surface area contributed by atoms with Crippen LogP contribution in [-0.2, 0) is 24.4 Å². The van der Waals surface area contributed by atoms with E-state index in [1.807, 2.05) is 5.32 Å². The predicted octanol–water partition coefficient (Wildman–Crippen LogP) is 0.241. The Morgan fingerprint density at radius 1 is 1.06 bits per heavy atom. The summed E-state index contributed by atoms with van der Waals surface area (Å²) in [4.78, 5) is 50.0. The monoisotopic (exact) mass is 442 g/mol. The first-order valence-corrected chi connectivity index (χ1v) is 8.64. The molecule has 13 heteroatoms. The number of nitrogens with one attached hydrogen (secondary N) is 2. The molecule has 2 N–H and O–H groups in total. The van der Waals surface area contributed by atoms with Crippen molar-refractivity contribution in [2.24, 2.45) is 14.1 Å². The van der Waals surface area contributed by atoms with Gasteiger partial charge < -0.3 is 20.1 Å². The maximum atomic E-state index is 14.3. The number of fused-ring (bicyclic) bond motifs is 1. The van der Waals surface area contributed by atoms with Crippen LogP contribution in [0.2, 0.25) is 0 Å². The third-order valence-corrected chi connectivity index (χ3v) is 4.98. The van der Waals surface area contributed by atoms with Crippen LogP contribution in [0.15, 0.2) is 27.8 Å². The number of halogens is 3. The van der Waals surface area contributed by atoms with Gasteiger partial charge in [0, 0.05) is 19.7 Å². The van der Waals surface area contributed by atoms with E-state index in [1.54, 1.807) is 5.32 Å². The van der Waals surface area contributed by atoms with Crippen LogP contribution in [0.4, 0.5) is 19.0 Å². The van der Waals surface area contributed by atoms with Crippen molar-refractivity contribution in [1.29, 1.82) is 0 Å². The Labute approximate surface area is 172 Å². The molecule has 2 amide bonds. The van der Waals surface area contributed by atoms with E-state index in [0.717, 1.165) is 26.2 Å². The second-order valence-electron chi connectivity index (χ2n) is 6.66. The SMILES string of the molecule is COc1ccc(C(=O)NC2(C(F)(F)F)C(=O)Nc3c2c(=O)n(C)c(=O)n3C)cc1OC. The number of alkyl halides is 3. The van der Waals surface area contributed by atoms with Crippen molar-refractivity contribution in [3.05, 3.63) is 50.2 Å². The van der Waals surface area contributed by atoms with E-state index < -0.39 is 46.2 Å². The lowest BCUT2D eigenvalue weighted by atomic mass is 9.91. The summed E-state index contributed by atoms with van der Waals surface area (Å²) in [5.74, 6) is -3.40. The number of rotatable bonds is 4. The molecule has 10 nitrogen and oxygen atoms in total. The molecule has 1 aliphatic heterocycles. The van der Waals surface area contributed by atoms with Crippen LogP contribution in [0.5, 0.6) is 11.5 Å². The fraction of sp³-hybridized carbons (Fsp3) is 0.333. The summed E-state index contributed by atoms with van der Waals surface area (Å²) in [6, 6.07) is 3.57. The van der Waals surface area contributed by atoms with E-state index in [1.165, 1.54) is 20.3 Å². The first-order chi connectivity index (χ1) is 14.4. The average molecular weight is 442 g/mol. The van der Waals surface area contributed by atoms with Gasteiger partial charge in [-0.25, -0.2) is 4.79 Å². The molecule has 0 saturated carbocycles. The van der Waals surface area contributed by atoms with Gasteiger partial charge in [-0.3, -0.25) is 23.5 Å². The van der Waals surface area contributed by atoms with Crippen LogP contribution >= 0.6 is 0 Å². The molecule has 0 spiro atoms. The normalized spacial score (nSPS) is 17.7. The highest BCUT2D eigenvalue weighted by Gasteiger charge is 2.68. The molecule has 166 valence electrons. The minimum atomic E-state index is -5.42.